The van der Waals surface area contributed by atoms with E-state index in [0.717, 1.165) is 11.4 Å². The summed E-state index contributed by atoms with van der Waals surface area (Å²) in [6, 6.07) is 10.1. The number of hydrogen-bond acceptors (Lipinski definition) is 3. The molecule has 0 saturated carbocycles. The molecule has 0 bridgehead atoms. The second-order valence-corrected chi connectivity index (χ2v) is 7.04. The maximum Gasteiger partial charge on any atom is 0.178 e. The number of allylic oxidation sites excluding steroid dienone is 4. The van der Waals surface area contributed by atoms with E-state index in [-0.39, 0.29) is 5.78 Å². The number of anilines is 1. The van der Waals surface area contributed by atoms with E-state index in [9.17, 15) is 4.79 Å². The maximum atomic E-state index is 11.1. The van der Waals surface area contributed by atoms with E-state index in [1.54, 1.807) is 24.3 Å². The van der Waals surface area contributed by atoms with Crippen LogP contribution < -0.4 is 4.67 Å². The fourth-order valence-corrected chi connectivity index (χ4v) is 2.82. The van der Waals surface area contributed by atoms with Crippen LogP contribution in [0.5, 0.6) is 0 Å². The number of carbonyl (C=O) groups excluding carboxylic acids is 1. The second kappa shape index (κ2) is 5.60. The fourth-order valence-electron chi connectivity index (χ4n) is 1.69. The van der Waals surface area contributed by atoms with Crippen LogP contribution in [0.1, 0.15) is 0 Å². The number of carbonyl (C=O) groups is 1. The van der Waals surface area contributed by atoms with Crippen molar-refractivity contribution in [1.29, 1.82) is 0 Å². The zero-order valence-electron chi connectivity index (χ0n) is 10.6. The highest BCUT2D eigenvalue weighted by Crippen LogP contribution is 2.16. The lowest BCUT2D eigenvalue weighted by Crippen LogP contribution is -2.30. The zero-order chi connectivity index (χ0) is 13.0. The SMILES string of the molecule is C[SiH](C)N(N=C1C=CC(=O)C=C1)c1ccccc1. The highest BCUT2D eigenvalue weighted by molar-refractivity contribution is 6.60. The van der Waals surface area contributed by atoms with Crippen molar-refractivity contribution in [3.8, 4) is 0 Å². The van der Waals surface area contributed by atoms with E-state index < -0.39 is 8.96 Å². The average Bonchev–Trinajstić information content (AvgIpc) is 2.38. The molecule has 4 heteroatoms. The first-order valence-corrected chi connectivity index (χ1v) is 8.82. The minimum Gasteiger partial charge on any atom is -0.298 e. The van der Waals surface area contributed by atoms with Gasteiger partial charge in [-0.3, -0.25) is 9.47 Å². The number of nitrogens with zero attached hydrogens (tertiary/aromatic N) is 2. The van der Waals surface area contributed by atoms with Crippen LogP contribution in [0.3, 0.4) is 0 Å². The van der Waals surface area contributed by atoms with Crippen LogP contribution in [-0.4, -0.2) is 20.5 Å². The van der Waals surface area contributed by atoms with Crippen molar-refractivity contribution in [3.63, 3.8) is 0 Å². The maximum absolute atomic E-state index is 11.1. The summed E-state index contributed by atoms with van der Waals surface area (Å²) in [6.07, 6.45) is 6.61. The molecule has 0 aromatic heterocycles. The van der Waals surface area contributed by atoms with Gasteiger partial charge in [0.05, 0.1) is 5.71 Å². The predicted molar refractivity (Wildman–Crippen MR) is 78.5 cm³/mol. The van der Waals surface area contributed by atoms with Gasteiger partial charge in [-0.25, -0.2) is 0 Å². The third-order valence-electron chi connectivity index (χ3n) is 2.57. The van der Waals surface area contributed by atoms with Crippen molar-refractivity contribution >= 4 is 26.1 Å². The molecule has 0 unspecified atom stereocenters. The Morgan fingerprint density at radius 3 is 2.17 bits per heavy atom. The smallest absolute Gasteiger partial charge is 0.178 e. The van der Waals surface area contributed by atoms with Gasteiger partial charge in [0.25, 0.3) is 0 Å². The summed E-state index contributed by atoms with van der Waals surface area (Å²) in [7, 11) is -1.11. The first-order valence-electron chi connectivity index (χ1n) is 6.00. The molecule has 0 saturated heterocycles. The number of hydrogen-bond donors (Lipinski definition) is 0. The summed E-state index contributed by atoms with van der Waals surface area (Å²) in [6.45, 7) is 4.44. The van der Waals surface area contributed by atoms with Crippen LogP contribution in [0.4, 0.5) is 5.69 Å². The third kappa shape index (κ3) is 3.04. The number of ketones is 1. The molecule has 0 N–H and O–H groups in total. The Bertz CT molecular complexity index is 500. The van der Waals surface area contributed by atoms with Gasteiger partial charge in [-0.1, -0.05) is 31.3 Å². The molecule has 0 atom stereocenters. The van der Waals surface area contributed by atoms with Gasteiger partial charge < -0.3 is 0 Å². The molecule has 1 aromatic carbocycles. The zero-order valence-corrected chi connectivity index (χ0v) is 11.7. The molecule has 0 heterocycles. The third-order valence-corrected chi connectivity index (χ3v) is 3.96. The topological polar surface area (TPSA) is 32.7 Å². The molecule has 1 aliphatic carbocycles. The minimum absolute atomic E-state index is 0.0157. The van der Waals surface area contributed by atoms with E-state index in [4.69, 9.17) is 0 Å². The largest absolute Gasteiger partial charge is 0.298 e. The summed E-state index contributed by atoms with van der Waals surface area (Å²) >= 11 is 0. The molecule has 92 valence electrons. The van der Waals surface area contributed by atoms with Crippen LogP contribution in [0.25, 0.3) is 0 Å². The first kappa shape index (κ1) is 12.5. The lowest BCUT2D eigenvalue weighted by molar-refractivity contribution is -0.110. The highest BCUT2D eigenvalue weighted by atomic mass is 28.3. The molecule has 3 nitrogen and oxygen atoms in total. The van der Waals surface area contributed by atoms with E-state index in [0.29, 0.717) is 0 Å². The number of benzene rings is 1. The Kier molecular flexibility index (Phi) is 3.89. The number of hydrazone groups is 1. The molecule has 18 heavy (non-hydrogen) atoms. The second-order valence-electron chi connectivity index (χ2n) is 4.37. The van der Waals surface area contributed by atoms with Crippen molar-refractivity contribution < 1.29 is 4.79 Å². The summed E-state index contributed by atoms with van der Waals surface area (Å²) in [5.41, 5.74) is 1.92. The lowest BCUT2D eigenvalue weighted by Gasteiger charge is -2.23. The van der Waals surface area contributed by atoms with Crippen LogP contribution in [-0.2, 0) is 4.79 Å². The fraction of sp³-hybridized carbons (Fsp3) is 0.143. The van der Waals surface area contributed by atoms with Crippen LogP contribution in [0, 0.1) is 0 Å². The molecule has 1 aromatic rings. The summed E-state index contributed by atoms with van der Waals surface area (Å²) in [5.74, 6) is 0.0157. The molecule has 0 amide bonds. The van der Waals surface area contributed by atoms with Gasteiger partial charge >= 0.3 is 0 Å². The lowest BCUT2D eigenvalue weighted by atomic mass is 10.2. The highest BCUT2D eigenvalue weighted by Gasteiger charge is 2.11. The summed E-state index contributed by atoms with van der Waals surface area (Å²) in [5, 5.41) is 4.63. The van der Waals surface area contributed by atoms with Crippen molar-refractivity contribution in [2.75, 3.05) is 4.67 Å². The first-order chi connectivity index (χ1) is 8.66. The van der Waals surface area contributed by atoms with Gasteiger partial charge in [0.15, 0.2) is 14.7 Å². The van der Waals surface area contributed by atoms with Gasteiger partial charge in [-0.05, 0) is 36.4 Å². The normalized spacial score (nSPS) is 14.2. The quantitative estimate of drug-likeness (QED) is 0.473. The molecule has 0 aliphatic heterocycles. The van der Waals surface area contributed by atoms with E-state index in [1.807, 2.05) is 18.2 Å². The van der Waals surface area contributed by atoms with Gasteiger partial charge in [0, 0.05) is 5.69 Å². The minimum atomic E-state index is -1.11. The van der Waals surface area contributed by atoms with Crippen LogP contribution in [0.15, 0.2) is 59.7 Å². The Morgan fingerprint density at radius 1 is 1.00 bits per heavy atom. The summed E-state index contributed by atoms with van der Waals surface area (Å²) < 4.78 is 2.08. The molecule has 1 aliphatic rings. The predicted octanol–water partition coefficient (Wildman–Crippen LogP) is 2.53. The van der Waals surface area contributed by atoms with Gasteiger partial charge in [0.2, 0.25) is 0 Å². The monoisotopic (exact) mass is 256 g/mol. The van der Waals surface area contributed by atoms with Crippen molar-refractivity contribution in [1.82, 2.24) is 0 Å². The van der Waals surface area contributed by atoms with Crippen molar-refractivity contribution in [2.45, 2.75) is 13.1 Å². The summed E-state index contributed by atoms with van der Waals surface area (Å²) in [4.78, 5) is 11.1. The van der Waals surface area contributed by atoms with Crippen LogP contribution >= 0.6 is 0 Å². The van der Waals surface area contributed by atoms with Crippen molar-refractivity contribution in [3.05, 3.63) is 54.6 Å². The molecule has 0 spiro atoms. The average molecular weight is 256 g/mol. The Balaban J connectivity index is 2.28. The van der Waals surface area contributed by atoms with E-state index in [2.05, 4.69) is 35.0 Å². The molecular formula is C14H16N2OSi. The van der Waals surface area contributed by atoms with E-state index >= 15 is 0 Å². The number of rotatable bonds is 3. The van der Waals surface area contributed by atoms with Gasteiger partial charge in [-0.2, -0.15) is 5.10 Å². The van der Waals surface area contributed by atoms with Gasteiger partial charge in [-0.15, -0.1) is 0 Å². The Morgan fingerprint density at radius 2 is 1.61 bits per heavy atom. The Hall–Kier alpha value is -1.94. The Labute approximate surface area is 109 Å². The number of para-hydroxylation sites is 1. The molecular weight excluding hydrogens is 240 g/mol. The molecule has 0 fully saturated rings. The van der Waals surface area contributed by atoms with Gasteiger partial charge in [0.1, 0.15) is 0 Å². The van der Waals surface area contributed by atoms with Crippen LogP contribution in [0.2, 0.25) is 13.1 Å². The molecule has 2 rings (SSSR count). The van der Waals surface area contributed by atoms with E-state index in [1.165, 1.54) is 0 Å². The van der Waals surface area contributed by atoms with Crippen molar-refractivity contribution in [2.24, 2.45) is 5.10 Å². The standard InChI is InChI=1S/C14H16N2OSi/c1-18(2)16(13-6-4-3-5-7-13)15-12-8-10-14(17)11-9-12/h3-11,18H,1-2H3. The molecule has 0 radical (unpaired) electrons.